The zero-order chi connectivity index (χ0) is 13.4. The maximum atomic E-state index is 3.82. The Morgan fingerprint density at radius 2 is 2.00 bits per heavy atom. The molecule has 1 heterocycles. The van der Waals surface area contributed by atoms with Crippen LogP contribution in [0.4, 0.5) is 0 Å². The predicted molar refractivity (Wildman–Crippen MR) is 78.8 cm³/mol. The molecule has 0 aromatic rings. The lowest BCUT2D eigenvalue weighted by molar-refractivity contribution is 0.136. The predicted octanol–water partition coefficient (Wildman–Crippen LogP) is 3.13. The molecule has 106 valence electrons. The average Bonchev–Trinajstić information content (AvgIpc) is 3.04. The highest BCUT2D eigenvalue weighted by molar-refractivity contribution is 5.01. The molecule has 0 aromatic heterocycles. The van der Waals surface area contributed by atoms with Gasteiger partial charge < -0.3 is 10.2 Å². The summed E-state index contributed by atoms with van der Waals surface area (Å²) < 4.78 is 0. The van der Waals surface area contributed by atoms with Gasteiger partial charge in [0.25, 0.3) is 0 Å². The van der Waals surface area contributed by atoms with Gasteiger partial charge in [-0.15, -0.1) is 0 Å². The van der Waals surface area contributed by atoms with Crippen molar-refractivity contribution in [3.63, 3.8) is 0 Å². The summed E-state index contributed by atoms with van der Waals surface area (Å²) in [6.45, 7) is 16.9. The van der Waals surface area contributed by atoms with Crippen molar-refractivity contribution >= 4 is 0 Å². The second kappa shape index (κ2) is 5.13. The fourth-order valence-electron chi connectivity index (χ4n) is 3.09. The van der Waals surface area contributed by atoms with Crippen LogP contribution in [0.2, 0.25) is 0 Å². The number of rotatable bonds is 3. The minimum Gasteiger partial charge on any atom is -0.310 e. The molecule has 18 heavy (non-hydrogen) atoms. The van der Waals surface area contributed by atoms with Crippen molar-refractivity contribution in [3.05, 3.63) is 0 Å². The highest BCUT2D eigenvalue weighted by atomic mass is 15.2. The Balaban J connectivity index is 1.95. The Bertz CT molecular complexity index is 277. The van der Waals surface area contributed by atoms with Crippen LogP contribution in [0.1, 0.15) is 53.9 Å². The molecule has 1 saturated heterocycles. The van der Waals surface area contributed by atoms with Gasteiger partial charge in [-0.05, 0) is 56.5 Å². The summed E-state index contributed by atoms with van der Waals surface area (Å²) in [6, 6.07) is 0. The SMILES string of the molecule is CC(CN1CCCNC(C)(C2CC2)C1)C(C)(C)C. The summed E-state index contributed by atoms with van der Waals surface area (Å²) in [4.78, 5) is 2.72. The Kier molecular flexibility index (Phi) is 4.08. The van der Waals surface area contributed by atoms with E-state index in [-0.39, 0.29) is 0 Å². The molecule has 0 spiro atoms. The molecule has 0 radical (unpaired) electrons. The number of nitrogens with one attached hydrogen (secondary N) is 1. The Morgan fingerprint density at radius 1 is 1.33 bits per heavy atom. The van der Waals surface area contributed by atoms with Crippen LogP contribution < -0.4 is 5.32 Å². The van der Waals surface area contributed by atoms with Crippen molar-refractivity contribution in [2.24, 2.45) is 17.3 Å². The van der Waals surface area contributed by atoms with E-state index in [9.17, 15) is 0 Å². The Hall–Kier alpha value is -0.0800. The molecule has 2 nitrogen and oxygen atoms in total. The van der Waals surface area contributed by atoms with Crippen LogP contribution in [0.3, 0.4) is 0 Å². The lowest BCUT2D eigenvalue weighted by Crippen LogP contribution is -2.51. The van der Waals surface area contributed by atoms with Crippen LogP contribution in [0, 0.1) is 17.3 Å². The van der Waals surface area contributed by atoms with E-state index in [1.54, 1.807) is 0 Å². The van der Waals surface area contributed by atoms with E-state index in [4.69, 9.17) is 0 Å². The zero-order valence-corrected chi connectivity index (χ0v) is 13.1. The van der Waals surface area contributed by atoms with Gasteiger partial charge in [-0.25, -0.2) is 0 Å². The molecular formula is C16H32N2. The van der Waals surface area contributed by atoms with Gasteiger partial charge in [-0.3, -0.25) is 0 Å². The first kappa shape index (κ1) is 14.3. The summed E-state index contributed by atoms with van der Waals surface area (Å²) in [5.41, 5.74) is 0.809. The van der Waals surface area contributed by atoms with Crippen molar-refractivity contribution in [1.29, 1.82) is 0 Å². The molecule has 1 aliphatic heterocycles. The van der Waals surface area contributed by atoms with Gasteiger partial charge in [0.15, 0.2) is 0 Å². The van der Waals surface area contributed by atoms with Gasteiger partial charge in [0.1, 0.15) is 0 Å². The summed E-state index contributed by atoms with van der Waals surface area (Å²) in [6.07, 6.45) is 4.18. The molecule has 1 N–H and O–H groups in total. The summed E-state index contributed by atoms with van der Waals surface area (Å²) >= 11 is 0. The maximum absolute atomic E-state index is 3.82. The second-order valence-corrected chi connectivity index (χ2v) is 7.97. The molecule has 2 aliphatic rings. The van der Waals surface area contributed by atoms with E-state index < -0.39 is 0 Å². The normalized spacial score (nSPS) is 33.2. The maximum Gasteiger partial charge on any atom is 0.0308 e. The molecule has 0 aromatic carbocycles. The third-order valence-electron chi connectivity index (χ3n) is 5.22. The third kappa shape index (κ3) is 3.48. The molecule has 2 rings (SSSR count). The molecule has 0 bridgehead atoms. The van der Waals surface area contributed by atoms with Crippen molar-refractivity contribution < 1.29 is 0 Å². The first-order valence-electron chi connectivity index (χ1n) is 7.79. The van der Waals surface area contributed by atoms with Crippen LogP contribution in [-0.2, 0) is 0 Å². The molecular weight excluding hydrogens is 220 g/mol. The van der Waals surface area contributed by atoms with E-state index >= 15 is 0 Å². The lowest BCUT2D eigenvalue weighted by Gasteiger charge is -2.37. The first-order chi connectivity index (χ1) is 8.31. The Labute approximate surface area is 114 Å². The summed E-state index contributed by atoms with van der Waals surface area (Å²) in [5.74, 6) is 1.70. The van der Waals surface area contributed by atoms with Gasteiger partial charge >= 0.3 is 0 Å². The smallest absolute Gasteiger partial charge is 0.0308 e. The number of hydrogen-bond donors (Lipinski definition) is 1. The van der Waals surface area contributed by atoms with Gasteiger partial charge in [0, 0.05) is 18.6 Å². The minimum absolute atomic E-state index is 0.383. The summed E-state index contributed by atoms with van der Waals surface area (Å²) in [7, 11) is 0. The topological polar surface area (TPSA) is 15.3 Å². The fraction of sp³-hybridized carbons (Fsp3) is 1.00. The van der Waals surface area contributed by atoms with Crippen LogP contribution in [0.5, 0.6) is 0 Å². The van der Waals surface area contributed by atoms with Gasteiger partial charge in [-0.1, -0.05) is 27.7 Å². The second-order valence-electron chi connectivity index (χ2n) is 7.97. The van der Waals surface area contributed by atoms with Crippen molar-refractivity contribution in [1.82, 2.24) is 10.2 Å². The van der Waals surface area contributed by atoms with Crippen molar-refractivity contribution in [3.8, 4) is 0 Å². The van der Waals surface area contributed by atoms with Crippen molar-refractivity contribution in [2.75, 3.05) is 26.2 Å². The van der Waals surface area contributed by atoms with Crippen LogP contribution in [0.15, 0.2) is 0 Å². The van der Waals surface area contributed by atoms with E-state index in [1.807, 2.05) is 0 Å². The molecule has 2 atom stereocenters. The quantitative estimate of drug-likeness (QED) is 0.830. The standard InChI is InChI=1S/C16H32N2/c1-13(15(2,3)4)11-18-10-6-9-17-16(5,12-18)14-7-8-14/h13-14,17H,6-12H2,1-5H3. The number of hydrogen-bond acceptors (Lipinski definition) is 2. The molecule has 0 amide bonds. The first-order valence-corrected chi connectivity index (χ1v) is 7.79. The molecule has 2 fully saturated rings. The molecule has 1 saturated carbocycles. The highest BCUT2D eigenvalue weighted by Gasteiger charge is 2.43. The van der Waals surface area contributed by atoms with E-state index in [2.05, 4.69) is 44.8 Å². The third-order valence-corrected chi connectivity index (χ3v) is 5.22. The Morgan fingerprint density at radius 3 is 2.56 bits per heavy atom. The van der Waals surface area contributed by atoms with Crippen LogP contribution >= 0.6 is 0 Å². The average molecular weight is 252 g/mol. The summed E-state index contributed by atoms with van der Waals surface area (Å²) in [5, 5.41) is 3.82. The fourth-order valence-corrected chi connectivity index (χ4v) is 3.09. The van der Waals surface area contributed by atoms with Crippen LogP contribution in [0.25, 0.3) is 0 Å². The van der Waals surface area contributed by atoms with E-state index in [1.165, 1.54) is 45.4 Å². The zero-order valence-electron chi connectivity index (χ0n) is 13.1. The van der Waals surface area contributed by atoms with Crippen molar-refractivity contribution in [2.45, 2.75) is 59.4 Å². The van der Waals surface area contributed by atoms with Gasteiger partial charge in [-0.2, -0.15) is 0 Å². The number of nitrogens with zero attached hydrogens (tertiary/aromatic N) is 1. The van der Waals surface area contributed by atoms with Gasteiger partial charge in [0.2, 0.25) is 0 Å². The lowest BCUT2D eigenvalue weighted by atomic mass is 9.81. The molecule has 2 unspecified atom stereocenters. The van der Waals surface area contributed by atoms with Crippen LogP contribution in [-0.4, -0.2) is 36.6 Å². The highest BCUT2D eigenvalue weighted by Crippen LogP contribution is 2.40. The monoisotopic (exact) mass is 252 g/mol. The largest absolute Gasteiger partial charge is 0.310 e. The molecule has 2 heteroatoms. The molecule has 1 aliphatic carbocycles. The van der Waals surface area contributed by atoms with E-state index in [0.717, 1.165) is 11.8 Å². The minimum atomic E-state index is 0.383. The van der Waals surface area contributed by atoms with E-state index in [0.29, 0.717) is 11.0 Å². The van der Waals surface area contributed by atoms with Gasteiger partial charge in [0.05, 0.1) is 0 Å².